The quantitative estimate of drug-likeness (QED) is 0.819. The van der Waals surface area contributed by atoms with Crippen molar-refractivity contribution < 1.29 is 17.9 Å². The number of ether oxygens (including phenoxy) is 2. The molecule has 1 saturated carbocycles. The maximum atomic E-state index is 12.7. The third-order valence-electron chi connectivity index (χ3n) is 4.03. The molecule has 0 aliphatic heterocycles. The summed E-state index contributed by atoms with van der Waals surface area (Å²) >= 11 is 6.11. The molecular weight excluding hydrogens is 328 g/mol. The van der Waals surface area contributed by atoms with Crippen LogP contribution >= 0.6 is 11.6 Å². The number of rotatable bonds is 6. The molecule has 2 rings (SSSR count). The van der Waals surface area contributed by atoms with E-state index in [0.29, 0.717) is 11.5 Å². The second-order valence-electron chi connectivity index (χ2n) is 5.43. The second kappa shape index (κ2) is 6.62. The van der Waals surface area contributed by atoms with E-state index in [2.05, 4.69) is 4.72 Å². The van der Waals surface area contributed by atoms with Gasteiger partial charge < -0.3 is 15.2 Å². The number of methoxy groups -OCH3 is 2. The molecule has 1 aromatic rings. The largest absolute Gasteiger partial charge is 0.493 e. The molecule has 1 aliphatic rings. The van der Waals surface area contributed by atoms with E-state index in [0.717, 1.165) is 25.7 Å². The van der Waals surface area contributed by atoms with Gasteiger partial charge in [0.1, 0.15) is 4.90 Å². The third kappa shape index (κ3) is 3.32. The molecule has 124 valence electrons. The third-order valence-corrected chi connectivity index (χ3v) is 6.07. The van der Waals surface area contributed by atoms with Crippen molar-refractivity contribution in [1.29, 1.82) is 0 Å². The van der Waals surface area contributed by atoms with Gasteiger partial charge in [0.25, 0.3) is 0 Å². The molecule has 0 aromatic heterocycles. The highest BCUT2D eigenvalue weighted by molar-refractivity contribution is 7.89. The lowest BCUT2D eigenvalue weighted by atomic mass is 10.0. The van der Waals surface area contributed by atoms with Gasteiger partial charge in [0.15, 0.2) is 11.5 Å². The topological polar surface area (TPSA) is 90.7 Å². The molecule has 0 radical (unpaired) electrons. The molecule has 0 spiro atoms. The van der Waals surface area contributed by atoms with Gasteiger partial charge in [-0.25, -0.2) is 13.1 Å². The number of hydrogen-bond acceptors (Lipinski definition) is 5. The Bertz CT molecular complexity index is 642. The fourth-order valence-corrected chi connectivity index (χ4v) is 4.78. The van der Waals surface area contributed by atoms with Crippen LogP contribution in [-0.4, -0.2) is 34.7 Å². The normalized spacial score (nSPS) is 17.5. The lowest BCUT2D eigenvalue weighted by Gasteiger charge is -2.28. The molecule has 8 heteroatoms. The van der Waals surface area contributed by atoms with E-state index >= 15 is 0 Å². The zero-order valence-corrected chi connectivity index (χ0v) is 14.3. The number of nitrogens with one attached hydrogen (secondary N) is 1. The average molecular weight is 349 g/mol. The van der Waals surface area contributed by atoms with Crippen LogP contribution in [0.4, 0.5) is 0 Å². The van der Waals surface area contributed by atoms with Gasteiger partial charge in [-0.1, -0.05) is 24.4 Å². The Kier molecular flexibility index (Phi) is 5.21. The summed E-state index contributed by atoms with van der Waals surface area (Å²) in [5.74, 6) is 0.682. The molecule has 1 aromatic carbocycles. The van der Waals surface area contributed by atoms with Crippen LogP contribution in [0.1, 0.15) is 25.7 Å². The first-order valence-electron chi connectivity index (χ1n) is 7.03. The maximum Gasteiger partial charge on any atom is 0.242 e. The summed E-state index contributed by atoms with van der Waals surface area (Å²) in [6.45, 7) is 0.261. The van der Waals surface area contributed by atoms with Gasteiger partial charge >= 0.3 is 0 Å². The van der Waals surface area contributed by atoms with Crippen LogP contribution < -0.4 is 19.9 Å². The molecule has 1 aliphatic carbocycles. The summed E-state index contributed by atoms with van der Waals surface area (Å²) in [5.41, 5.74) is 5.20. The lowest BCUT2D eigenvalue weighted by Crippen LogP contribution is -2.51. The van der Waals surface area contributed by atoms with Crippen molar-refractivity contribution in [3.63, 3.8) is 0 Å². The Morgan fingerprint density at radius 2 is 1.77 bits per heavy atom. The van der Waals surface area contributed by atoms with Crippen LogP contribution in [0.15, 0.2) is 17.0 Å². The molecule has 22 heavy (non-hydrogen) atoms. The molecule has 0 atom stereocenters. The second-order valence-corrected chi connectivity index (χ2v) is 7.49. The molecule has 6 nitrogen and oxygen atoms in total. The molecule has 0 unspecified atom stereocenters. The fourth-order valence-electron chi connectivity index (χ4n) is 2.78. The van der Waals surface area contributed by atoms with Crippen LogP contribution in [0.2, 0.25) is 5.02 Å². The summed E-state index contributed by atoms with van der Waals surface area (Å²) in [4.78, 5) is -0.0356. The number of hydrogen-bond donors (Lipinski definition) is 2. The van der Waals surface area contributed by atoms with Gasteiger partial charge in [-0.15, -0.1) is 0 Å². The lowest BCUT2D eigenvalue weighted by molar-refractivity contribution is 0.353. The van der Waals surface area contributed by atoms with Crippen molar-refractivity contribution in [2.24, 2.45) is 5.73 Å². The van der Waals surface area contributed by atoms with E-state index in [9.17, 15) is 8.42 Å². The van der Waals surface area contributed by atoms with E-state index in [1.54, 1.807) is 0 Å². The highest BCUT2D eigenvalue weighted by Gasteiger charge is 2.37. The molecule has 0 amide bonds. The summed E-state index contributed by atoms with van der Waals surface area (Å²) in [7, 11) is -0.901. The first-order chi connectivity index (χ1) is 10.4. The number of sulfonamides is 1. The fraction of sp³-hybridized carbons (Fsp3) is 0.571. The number of halogens is 1. The summed E-state index contributed by atoms with van der Waals surface area (Å²) < 4.78 is 38.4. The van der Waals surface area contributed by atoms with Crippen molar-refractivity contribution in [2.75, 3.05) is 20.8 Å². The van der Waals surface area contributed by atoms with Crippen LogP contribution in [0, 0.1) is 0 Å². The smallest absolute Gasteiger partial charge is 0.242 e. The summed E-state index contributed by atoms with van der Waals surface area (Å²) in [6, 6.07) is 2.79. The average Bonchev–Trinajstić information content (AvgIpc) is 2.94. The SMILES string of the molecule is COc1cc(Cl)c(S(=O)(=O)NC2(CN)CCCC2)cc1OC. The van der Waals surface area contributed by atoms with Crippen LogP contribution in [0.3, 0.4) is 0 Å². The van der Waals surface area contributed by atoms with Gasteiger partial charge in [0.2, 0.25) is 10.0 Å². The molecule has 3 N–H and O–H groups in total. The maximum absolute atomic E-state index is 12.7. The van der Waals surface area contributed by atoms with E-state index in [4.69, 9.17) is 26.8 Å². The van der Waals surface area contributed by atoms with E-state index in [-0.39, 0.29) is 16.5 Å². The van der Waals surface area contributed by atoms with Gasteiger partial charge in [-0.05, 0) is 12.8 Å². The van der Waals surface area contributed by atoms with Crippen LogP contribution in [0.25, 0.3) is 0 Å². The molecule has 1 fully saturated rings. The standard InChI is InChI=1S/C14H21ClN2O4S/c1-20-11-7-10(15)13(8-12(11)21-2)22(18,19)17-14(9-16)5-3-4-6-14/h7-8,17H,3-6,9,16H2,1-2H3. The van der Waals surface area contributed by atoms with E-state index in [1.165, 1.54) is 26.4 Å². The van der Waals surface area contributed by atoms with Crippen LogP contribution in [0.5, 0.6) is 11.5 Å². The summed E-state index contributed by atoms with van der Waals surface area (Å²) in [6.07, 6.45) is 3.38. The van der Waals surface area contributed by atoms with Gasteiger partial charge in [-0.3, -0.25) is 0 Å². The number of nitrogens with two attached hydrogens (primary N) is 1. The minimum Gasteiger partial charge on any atom is -0.493 e. The Morgan fingerprint density at radius 3 is 2.27 bits per heavy atom. The predicted octanol–water partition coefficient (Wildman–Crippen LogP) is 1.91. The van der Waals surface area contributed by atoms with E-state index in [1.807, 2.05) is 0 Å². The van der Waals surface area contributed by atoms with Crippen LogP contribution in [-0.2, 0) is 10.0 Å². The van der Waals surface area contributed by atoms with Gasteiger partial charge in [-0.2, -0.15) is 0 Å². The predicted molar refractivity (Wildman–Crippen MR) is 85.1 cm³/mol. The van der Waals surface area contributed by atoms with Gasteiger partial charge in [0, 0.05) is 24.2 Å². The first-order valence-corrected chi connectivity index (χ1v) is 8.89. The Balaban J connectivity index is 2.41. The minimum absolute atomic E-state index is 0.0356. The van der Waals surface area contributed by atoms with Crippen molar-refractivity contribution in [3.05, 3.63) is 17.2 Å². The number of benzene rings is 1. The van der Waals surface area contributed by atoms with Crippen molar-refractivity contribution in [2.45, 2.75) is 36.1 Å². The molecule has 0 saturated heterocycles. The van der Waals surface area contributed by atoms with Crippen molar-refractivity contribution in [3.8, 4) is 11.5 Å². The highest BCUT2D eigenvalue weighted by atomic mass is 35.5. The molecule has 0 heterocycles. The molecule has 0 bridgehead atoms. The zero-order valence-electron chi connectivity index (χ0n) is 12.7. The Labute approximate surface area is 136 Å². The molecular formula is C14H21ClN2O4S. The minimum atomic E-state index is -3.80. The Hall–Kier alpha value is -1.02. The van der Waals surface area contributed by atoms with Crippen molar-refractivity contribution in [1.82, 2.24) is 4.72 Å². The van der Waals surface area contributed by atoms with Crippen molar-refractivity contribution >= 4 is 21.6 Å². The van der Waals surface area contributed by atoms with Gasteiger partial charge in [0.05, 0.1) is 19.2 Å². The monoisotopic (exact) mass is 348 g/mol. The van der Waals surface area contributed by atoms with E-state index < -0.39 is 15.6 Å². The summed E-state index contributed by atoms with van der Waals surface area (Å²) in [5, 5.41) is 0.0790. The zero-order chi connectivity index (χ0) is 16.4. The highest BCUT2D eigenvalue weighted by Crippen LogP contribution is 2.37. The Morgan fingerprint density at radius 1 is 1.23 bits per heavy atom. The first kappa shape index (κ1) is 17.3.